The van der Waals surface area contributed by atoms with Crippen molar-refractivity contribution in [2.75, 3.05) is 6.54 Å². The second-order valence-corrected chi connectivity index (χ2v) is 7.57. The Hall–Kier alpha value is -2.95. The smallest absolute Gasteiger partial charge is 0.261 e. The molecule has 4 rings (SSSR count). The summed E-state index contributed by atoms with van der Waals surface area (Å²) in [5, 5.41) is 3.06. The van der Waals surface area contributed by atoms with Crippen LogP contribution in [0, 0.1) is 0 Å². The van der Waals surface area contributed by atoms with Crippen molar-refractivity contribution in [1.82, 2.24) is 10.2 Å². The Morgan fingerprint density at radius 1 is 0.929 bits per heavy atom. The molecule has 144 valence electrons. The SMILES string of the molecule is O=C(NC1CCCCC1)c1ccc2c(c1)C(=O)N(CCc1ccccc1)C2=O. The largest absolute Gasteiger partial charge is 0.349 e. The monoisotopic (exact) mass is 376 g/mol. The predicted molar refractivity (Wildman–Crippen MR) is 106 cm³/mol. The molecular weight excluding hydrogens is 352 g/mol. The zero-order valence-corrected chi connectivity index (χ0v) is 15.8. The van der Waals surface area contributed by atoms with Crippen LogP contribution >= 0.6 is 0 Å². The van der Waals surface area contributed by atoms with Gasteiger partial charge in [-0.2, -0.15) is 0 Å². The summed E-state index contributed by atoms with van der Waals surface area (Å²) < 4.78 is 0. The lowest BCUT2D eigenvalue weighted by molar-refractivity contribution is 0.0656. The molecule has 28 heavy (non-hydrogen) atoms. The minimum Gasteiger partial charge on any atom is -0.349 e. The number of nitrogens with one attached hydrogen (secondary N) is 1. The number of benzene rings is 2. The summed E-state index contributed by atoms with van der Waals surface area (Å²) in [5.74, 6) is -0.767. The minimum absolute atomic E-state index is 0.169. The number of nitrogens with zero attached hydrogens (tertiary/aromatic N) is 1. The van der Waals surface area contributed by atoms with Crippen molar-refractivity contribution >= 4 is 17.7 Å². The molecular formula is C23H24N2O3. The minimum atomic E-state index is -0.316. The van der Waals surface area contributed by atoms with Crippen LogP contribution in [0.15, 0.2) is 48.5 Å². The number of rotatable bonds is 5. The lowest BCUT2D eigenvalue weighted by atomic mass is 9.95. The second kappa shape index (κ2) is 7.97. The van der Waals surface area contributed by atoms with E-state index in [9.17, 15) is 14.4 Å². The third kappa shape index (κ3) is 3.70. The third-order valence-corrected chi connectivity index (χ3v) is 5.64. The van der Waals surface area contributed by atoms with Gasteiger partial charge in [-0.05, 0) is 43.0 Å². The van der Waals surface area contributed by atoms with E-state index in [4.69, 9.17) is 0 Å². The van der Waals surface area contributed by atoms with Gasteiger partial charge in [0, 0.05) is 18.2 Å². The van der Waals surface area contributed by atoms with Gasteiger partial charge in [-0.25, -0.2) is 0 Å². The summed E-state index contributed by atoms with van der Waals surface area (Å²) in [6.45, 7) is 0.333. The lowest BCUT2D eigenvalue weighted by Gasteiger charge is -2.22. The molecule has 3 amide bonds. The summed E-state index contributed by atoms with van der Waals surface area (Å²) in [5.41, 5.74) is 2.23. The average Bonchev–Trinajstić information content (AvgIpc) is 2.97. The second-order valence-electron chi connectivity index (χ2n) is 7.57. The van der Waals surface area contributed by atoms with Crippen molar-refractivity contribution in [2.24, 2.45) is 0 Å². The summed E-state index contributed by atoms with van der Waals surface area (Å²) in [7, 11) is 0. The van der Waals surface area contributed by atoms with Crippen LogP contribution in [-0.2, 0) is 6.42 Å². The zero-order valence-electron chi connectivity index (χ0n) is 15.8. The molecule has 1 saturated carbocycles. The average molecular weight is 376 g/mol. The van der Waals surface area contributed by atoms with E-state index in [1.807, 2.05) is 30.3 Å². The highest BCUT2D eigenvalue weighted by Crippen LogP contribution is 2.25. The van der Waals surface area contributed by atoms with Crippen LogP contribution < -0.4 is 5.32 Å². The van der Waals surface area contributed by atoms with Crippen molar-refractivity contribution in [1.29, 1.82) is 0 Å². The summed E-state index contributed by atoms with van der Waals surface area (Å²) >= 11 is 0. The first kappa shape index (κ1) is 18.4. The van der Waals surface area contributed by atoms with Crippen LogP contribution in [0.2, 0.25) is 0 Å². The molecule has 2 aliphatic rings. The lowest BCUT2D eigenvalue weighted by Crippen LogP contribution is -2.36. The molecule has 1 aliphatic heterocycles. The third-order valence-electron chi connectivity index (χ3n) is 5.64. The Bertz CT molecular complexity index is 901. The highest BCUT2D eigenvalue weighted by Gasteiger charge is 2.35. The fourth-order valence-electron chi connectivity index (χ4n) is 4.04. The van der Waals surface area contributed by atoms with Crippen LogP contribution in [0.5, 0.6) is 0 Å². The van der Waals surface area contributed by atoms with Gasteiger partial charge >= 0.3 is 0 Å². The van der Waals surface area contributed by atoms with E-state index in [0.29, 0.717) is 29.7 Å². The maximum absolute atomic E-state index is 12.8. The maximum atomic E-state index is 12.8. The van der Waals surface area contributed by atoms with Crippen molar-refractivity contribution in [2.45, 2.75) is 44.6 Å². The van der Waals surface area contributed by atoms with Crippen LogP contribution in [0.25, 0.3) is 0 Å². The molecule has 2 aromatic carbocycles. The molecule has 0 aromatic heterocycles. The van der Waals surface area contributed by atoms with Gasteiger partial charge in [0.2, 0.25) is 0 Å². The van der Waals surface area contributed by atoms with Gasteiger partial charge in [-0.3, -0.25) is 19.3 Å². The van der Waals surface area contributed by atoms with Crippen LogP contribution in [0.3, 0.4) is 0 Å². The van der Waals surface area contributed by atoms with Gasteiger partial charge in [0.15, 0.2) is 0 Å². The predicted octanol–water partition coefficient (Wildman–Crippen LogP) is 3.59. The molecule has 1 heterocycles. The first-order valence-electron chi connectivity index (χ1n) is 9.98. The van der Waals surface area contributed by atoms with E-state index in [0.717, 1.165) is 31.2 Å². The van der Waals surface area contributed by atoms with Gasteiger partial charge in [0.05, 0.1) is 11.1 Å². The van der Waals surface area contributed by atoms with Crippen molar-refractivity contribution in [3.05, 3.63) is 70.8 Å². The van der Waals surface area contributed by atoms with E-state index in [1.54, 1.807) is 18.2 Å². The molecule has 0 spiro atoms. The van der Waals surface area contributed by atoms with Crippen molar-refractivity contribution in [3.8, 4) is 0 Å². The Labute approximate surface area is 164 Å². The zero-order chi connectivity index (χ0) is 19.5. The molecule has 1 fully saturated rings. The van der Waals surface area contributed by atoms with Crippen molar-refractivity contribution in [3.63, 3.8) is 0 Å². The molecule has 5 nitrogen and oxygen atoms in total. The van der Waals surface area contributed by atoms with Gasteiger partial charge in [-0.1, -0.05) is 49.6 Å². The standard InChI is InChI=1S/C23H24N2O3/c26-21(24-18-9-5-2-6-10-18)17-11-12-19-20(15-17)23(28)25(22(19)27)14-13-16-7-3-1-4-8-16/h1,3-4,7-8,11-12,15,18H,2,5-6,9-10,13-14H2,(H,24,26). The van der Waals surface area contributed by atoms with Gasteiger partial charge < -0.3 is 5.32 Å². The fraction of sp³-hybridized carbons (Fsp3) is 0.348. The highest BCUT2D eigenvalue weighted by molar-refractivity contribution is 6.22. The molecule has 1 N–H and O–H groups in total. The Morgan fingerprint density at radius 2 is 1.64 bits per heavy atom. The van der Waals surface area contributed by atoms with E-state index in [1.165, 1.54) is 11.3 Å². The number of fused-ring (bicyclic) bond motifs is 1. The number of carbonyl (C=O) groups excluding carboxylic acids is 3. The van der Waals surface area contributed by atoms with Crippen LogP contribution in [0.1, 0.15) is 68.7 Å². The van der Waals surface area contributed by atoms with Crippen molar-refractivity contribution < 1.29 is 14.4 Å². The molecule has 2 aromatic rings. The summed E-state index contributed by atoms with van der Waals surface area (Å²) in [4.78, 5) is 39.2. The van der Waals surface area contributed by atoms with Crippen LogP contribution in [-0.4, -0.2) is 35.2 Å². The molecule has 0 radical (unpaired) electrons. The molecule has 0 bridgehead atoms. The van der Waals surface area contributed by atoms with E-state index >= 15 is 0 Å². The Morgan fingerprint density at radius 3 is 2.39 bits per heavy atom. The van der Waals surface area contributed by atoms with Gasteiger partial charge in [0.25, 0.3) is 17.7 Å². The molecule has 0 saturated heterocycles. The van der Waals surface area contributed by atoms with Gasteiger partial charge in [-0.15, -0.1) is 0 Å². The number of hydrogen-bond acceptors (Lipinski definition) is 3. The first-order chi connectivity index (χ1) is 13.6. The number of hydrogen-bond donors (Lipinski definition) is 1. The molecule has 5 heteroatoms. The van der Waals surface area contributed by atoms with E-state index in [-0.39, 0.29) is 23.8 Å². The molecule has 0 atom stereocenters. The Balaban J connectivity index is 1.46. The maximum Gasteiger partial charge on any atom is 0.261 e. The number of amides is 3. The number of imide groups is 1. The first-order valence-corrected chi connectivity index (χ1v) is 9.98. The summed E-state index contributed by atoms with van der Waals surface area (Å²) in [6, 6.07) is 14.8. The highest BCUT2D eigenvalue weighted by atomic mass is 16.2. The molecule has 1 aliphatic carbocycles. The fourth-order valence-corrected chi connectivity index (χ4v) is 4.04. The topological polar surface area (TPSA) is 66.5 Å². The Kier molecular flexibility index (Phi) is 5.24. The van der Waals surface area contributed by atoms with Crippen LogP contribution in [0.4, 0.5) is 0 Å². The number of carbonyl (C=O) groups is 3. The van der Waals surface area contributed by atoms with E-state index in [2.05, 4.69) is 5.32 Å². The summed E-state index contributed by atoms with van der Waals surface area (Å²) in [6.07, 6.45) is 6.11. The van der Waals surface area contributed by atoms with E-state index < -0.39 is 0 Å². The van der Waals surface area contributed by atoms with Gasteiger partial charge in [0.1, 0.15) is 0 Å². The quantitative estimate of drug-likeness (QED) is 0.811. The molecule has 0 unspecified atom stereocenters. The normalized spacial score (nSPS) is 16.9.